The average molecular weight is 486 g/mol. The van der Waals surface area contributed by atoms with Gasteiger partial charge in [0.05, 0.1) is 11.9 Å². The number of nitrogens with zero attached hydrogens (tertiary/aromatic N) is 3. The first-order valence-electron chi connectivity index (χ1n) is 11.6. The summed E-state index contributed by atoms with van der Waals surface area (Å²) in [6.07, 6.45) is 4.53. The quantitative estimate of drug-likeness (QED) is 0.639. The summed E-state index contributed by atoms with van der Waals surface area (Å²) in [6.45, 7) is 10.6. The third-order valence-electron chi connectivity index (χ3n) is 5.53. The number of piperazine rings is 1. The number of nitrogens with one attached hydrogen (secondary N) is 1. The lowest BCUT2D eigenvalue weighted by Crippen LogP contribution is -2.49. The summed E-state index contributed by atoms with van der Waals surface area (Å²) in [5.41, 5.74) is 6.97. The van der Waals surface area contributed by atoms with Gasteiger partial charge in [-0.2, -0.15) is 0 Å². The third-order valence-corrected chi connectivity index (χ3v) is 5.53. The zero-order chi connectivity index (χ0) is 26.3. The van der Waals surface area contributed by atoms with Crippen LogP contribution in [0.1, 0.15) is 39.2 Å². The fourth-order valence-electron chi connectivity index (χ4n) is 2.82. The summed E-state index contributed by atoms with van der Waals surface area (Å²) in [6, 6.07) is 14.3. The summed E-state index contributed by atoms with van der Waals surface area (Å²) in [4.78, 5) is 38.6. The number of hydrogen-bond donors (Lipinski definition) is 2. The van der Waals surface area contributed by atoms with Crippen LogP contribution >= 0.6 is 0 Å². The normalized spacial score (nSPS) is 17.5. The van der Waals surface area contributed by atoms with Crippen molar-refractivity contribution in [2.75, 3.05) is 37.7 Å². The van der Waals surface area contributed by atoms with Gasteiger partial charge >= 0.3 is 0 Å². The first kappa shape index (κ1) is 29.6. The minimum absolute atomic E-state index is 0.0677. The maximum absolute atomic E-state index is 10.6. The number of rotatable bonds is 4. The van der Waals surface area contributed by atoms with E-state index in [0.29, 0.717) is 24.0 Å². The Labute approximate surface area is 208 Å². The summed E-state index contributed by atoms with van der Waals surface area (Å²) < 4.78 is 4.66. The van der Waals surface area contributed by atoms with E-state index in [2.05, 4.69) is 33.9 Å². The molecule has 9 nitrogen and oxygen atoms in total. The number of amides is 2. The molecule has 35 heavy (non-hydrogen) atoms. The molecule has 1 aliphatic carbocycles. The molecule has 3 N–H and O–H groups in total. The molecule has 1 saturated carbocycles. The molecule has 0 radical (unpaired) electrons. The lowest BCUT2D eigenvalue weighted by atomic mass is 10.2. The highest BCUT2D eigenvalue weighted by atomic mass is 16.5. The number of benzene rings is 1. The van der Waals surface area contributed by atoms with Crippen molar-refractivity contribution in [2.45, 2.75) is 52.2 Å². The molecule has 2 aliphatic rings. The van der Waals surface area contributed by atoms with Crippen molar-refractivity contribution in [3.63, 3.8) is 0 Å². The van der Waals surface area contributed by atoms with Gasteiger partial charge in [-0.3, -0.25) is 14.4 Å². The van der Waals surface area contributed by atoms with Gasteiger partial charge in [-0.1, -0.05) is 36.4 Å². The maximum atomic E-state index is 10.6. The van der Waals surface area contributed by atoms with E-state index in [1.165, 1.54) is 13.1 Å². The number of carbonyl (C=O) groups is 3. The number of carbonyl (C=O) groups excluding carboxylic acids is 3. The predicted molar refractivity (Wildman–Crippen MR) is 139 cm³/mol. The monoisotopic (exact) mass is 485 g/mol. The van der Waals surface area contributed by atoms with Crippen molar-refractivity contribution < 1.29 is 19.1 Å². The number of nitrogens with two attached hydrogens (primary N) is 1. The second-order valence-electron chi connectivity index (χ2n) is 8.86. The van der Waals surface area contributed by atoms with Crippen LogP contribution < -0.4 is 11.1 Å². The zero-order valence-electron chi connectivity index (χ0n) is 21.4. The Morgan fingerprint density at radius 2 is 1.74 bits per heavy atom. The summed E-state index contributed by atoms with van der Waals surface area (Å²) >= 11 is 0. The Hall–Kier alpha value is -3.46. The van der Waals surface area contributed by atoms with Gasteiger partial charge in [0.25, 0.3) is 6.47 Å². The fraction of sp³-hybridized carbons (Fsp3) is 0.462. The van der Waals surface area contributed by atoms with E-state index >= 15 is 0 Å². The molecule has 1 unspecified atom stereocenters. The molecular formula is C26H39N5O4. The number of aryl methyl sites for hydroxylation is 1. The standard InChI is InChI=1S/C8H11N3O.C7H14N2O.C6H6.C5H8O2/c1-5-3-7(11-6(2)12)4-10-8(5)9;1-7-5-9(6-10)4-3-8(7)2;1-2-4-6-5-3-1;1-5(2-3-5)7-4-6/h3-4H,1-2H3,(H2,9,10)(H,11,12);6-7H,3-5H2,1-2H3;1-6H;4H,2-3H2,1H3. The number of aromatic nitrogens is 1. The highest BCUT2D eigenvalue weighted by Crippen LogP contribution is 2.37. The van der Waals surface area contributed by atoms with Gasteiger partial charge in [-0.15, -0.1) is 0 Å². The van der Waals surface area contributed by atoms with Crippen LogP contribution in [0.2, 0.25) is 0 Å². The predicted octanol–water partition coefficient (Wildman–Crippen LogP) is 3.11. The Morgan fingerprint density at radius 3 is 2.11 bits per heavy atom. The van der Waals surface area contributed by atoms with Crippen LogP contribution in [-0.4, -0.2) is 71.9 Å². The Kier molecular flexibility index (Phi) is 13.0. The summed E-state index contributed by atoms with van der Waals surface area (Å²) in [7, 11) is 2.09. The van der Waals surface area contributed by atoms with Gasteiger partial charge in [0.15, 0.2) is 0 Å². The minimum Gasteiger partial charge on any atom is -0.462 e. The second-order valence-corrected chi connectivity index (χ2v) is 8.86. The average Bonchev–Trinajstić information content (AvgIpc) is 3.57. The van der Waals surface area contributed by atoms with Gasteiger partial charge in [-0.05, 0) is 52.3 Å². The van der Waals surface area contributed by atoms with Crippen LogP contribution in [0.5, 0.6) is 0 Å². The highest BCUT2D eigenvalue weighted by Gasteiger charge is 2.39. The van der Waals surface area contributed by atoms with Crippen LogP contribution in [-0.2, 0) is 19.1 Å². The molecule has 4 rings (SSSR count). The molecule has 1 aliphatic heterocycles. The van der Waals surface area contributed by atoms with E-state index in [-0.39, 0.29) is 11.5 Å². The molecule has 1 saturated heterocycles. The Morgan fingerprint density at radius 1 is 1.17 bits per heavy atom. The molecular weight excluding hydrogens is 446 g/mol. The number of hydrogen-bond acceptors (Lipinski definition) is 7. The zero-order valence-corrected chi connectivity index (χ0v) is 21.4. The van der Waals surface area contributed by atoms with Gasteiger partial charge in [0.1, 0.15) is 11.4 Å². The first-order chi connectivity index (χ1) is 16.6. The number of anilines is 2. The highest BCUT2D eigenvalue weighted by molar-refractivity contribution is 5.88. The fourth-order valence-corrected chi connectivity index (χ4v) is 2.82. The smallest absolute Gasteiger partial charge is 0.293 e. The van der Waals surface area contributed by atoms with Gasteiger partial charge in [0.2, 0.25) is 12.3 Å². The molecule has 9 heteroatoms. The van der Waals surface area contributed by atoms with Crippen LogP contribution in [0.25, 0.3) is 0 Å². The molecule has 2 heterocycles. The lowest BCUT2D eigenvalue weighted by molar-refractivity contribution is -0.134. The number of nitrogen functional groups attached to an aromatic ring is 1. The largest absolute Gasteiger partial charge is 0.462 e. The van der Waals surface area contributed by atoms with Crippen LogP contribution in [0.3, 0.4) is 0 Å². The Balaban J connectivity index is 0.000000241. The molecule has 1 aromatic carbocycles. The van der Waals surface area contributed by atoms with Crippen LogP contribution in [0.15, 0.2) is 48.7 Å². The van der Waals surface area contributed by atoms with Gasteiger partial charge < -0.3 is 25.6 Å². The van der Waals surface area contributed by atoms with E-state index in [0.717, 1.165) is 44.4 Å². The number of ether oxygens (including phenoxy) is 1. The molecule has 2 fully saturated rings. The van der Waals surface area contributed by atoms with Crippen LogP contribution in [0, 0.1) is 6.92 Å². The van der Waals surface area contributed by atoms with Crippen LogP contribution in [0.4, 0.5) is 11.5 Å². The van der Waals surface area contributed by atoms with E-state index in [1.807, 2.05) is 55.1 Å². The number of pyridine rings is 1. The number of likely N-dealkylation sites (N-methyl/N-ethyl adjacent to an activating group) is 1. The molecule has 0 spiro atoms. The molecule has 0 bridgehead atoms. The van der Waals surface area contributed by atoms with E-state index < -0.39 is 0 Å². The summed E-state index contributed by atoms with van der Waals surface area (Å²) in [5.74, 6) is 0.380. The van der Waals surface area contributed by atoms with E-state index in [9.17, 15) is 14.4 Å². The van der Waals surface area contributed by atoms with Crippen molar-refractivity contribution >= 4 is 30.3 Å². The molecule has 1 aromatic heterocycles. The maximum Gasteiger partial charge on any atom is 0.293 e. The lowest BCUT2D eigenvalue weighted by Gasteiger charge is -2.35. The van der Waals surface area contributed by atoms with E-state index in [1.54, 1.807) is 6.07 Å². The first-order valence-corrected chi connectivity index (χ1v) is 11.6. The van der Waals surface area contributed by atoms with Gasteiger partial charge in [0, 0.05) is 32.6 Å². The van der Waals surface area contributed by atoms with Crippen molar-refractivity contribution in [1.29, 1.82) is 0 Å². The van der Waals surface area contributed by atoms with Crippen molar-refractivity contribution in [3.8, 4) is 0 Å². The van der Waals surface area contributed by atoms with E-state index in [4.69, 9.17) is 5.73 Å². The second kappa shape index (κ2) is 15.4. The molecule has 192 valence electrons. The topological polar surface area (TPSA) is 118 Å². The van der Waals surface area contributed by atoms with Crippen molar-refractivity contribution in [1.82, 2.24) is 14.8 Å². The SMILES string of the molecule is CC(=O)Nc1cnc(N)c(C)c1.CC1(OC=O)CC1.CC1CN(C=O)CCN1C.c1ccccc1. The molecule has 2 aromatic rings. The molecule has 1 atom stereocenters. The van der Waals surface area contributed by atoms with Crippen molar-refractivity contribution in [2.24, 2.45) is 0 Å². The third kappa shape index (κ3) is 13.1. The van der Waals surface area contributed by atoms with Gasteiger partial charge in [-0.25, -0.2) is 4.98 Å². The van der Waals surface area contributed by atoms with Crippen molar-refractivity contribution in [3.05, 3.63) is 54.2 Å². The minimum atomic E-state index is -0.110. The summed E-state index contributed by atoms with van der Waals surface area (Å²) in [5, 5.41) is 2.62. The Bertz CT molecular complexity index is 879. The molecule has 2 amide bonds.